The van der Waals surface area contributed by atoms with E-state index >= 15 is 0 Å². The molecular weight excluding hydrogens is 593 g/mol. The quantitative estimate of drug-likeness (QED) is 0.255. The van der Waals surface area contributed by atoms with Crippen molar-refractivity contribution in [2.24, 2.45) is 76.2 Å². The third kappa shape index (κ3) is 7.03. The van der Waals surface area contributed by atoms with Crippen molar-refractivity contribution in [1.29, 1.82) is 0 Å². The lowest BCUT2D eigenvalue weighted by Gasteiger charge is -2.59. The summed E-state index contributed by atoms with van der Waals surface area (Å²) in [6, 6.07) is 1.97. The molecule has 0 saturated heterocycles. The Balaban J connectivity index is 1.18. The Morgan fingerprint density at radius 3 is 1.59 bits per heavy atom. The molecule has 8 fully saturated rings. The van der Waals surface area contributed by atoms with Crippen LogP contribution in [0.25, 0.3) is 0 Å². The summed E-state index contributed by atoms with van der Waals surface area (Å²) >= 11 is 0. The third-order valence-corrected chi connectivity index (χ3v) is 18.6. The summed E-state index contributed by atoms with van der Waals surface area (Å²) in [5.74, 6) is 10.8. The number of rotatable bonds is 9. The molecule has 0 aromatic rings. The third-order valence-electron chi connectivity index (χ3n) is 18.6. The monoisotopic (exact) mass is 675 g/mol. The molecule has 0 aromatic heterocycles. The summed E-state index contributed by atoms with van der Waals surface area (Å²) in [6.45, 7) is 2.55. The molecular formula is C47H82N2. The maximum absolute atomic E-state index is 7.25. The van der Waals surface area contributed by atoms with E-state index in [4.69, 9.17) is 11.1 Å². The molecule has 8 rings (SSSR count). The molecule has 2 heteroatoms. The van der Waals surface area contributed by atoms with Gasteiger partial charge in [0.05, 0.1) is 0 Å². The van der Waals surface area contributed by atoms with Crippen LogP contribution in [0.1, 0.15) is 206 Å². The molecule has 2 nitrogen and oxygen atoms in total. The fraction of sp³-hybridized carbons (Fsp3) is 1.00. The van der Waals surface area contributed by atoms with Gasteiger partial charge in [0.25, 0.3) is 0 Å². The zero-order chi connectivity index (χ0) is 33.2. The molecule has 0 aromatic carbocycles. The highest BCUT2D eigenvalue weighted by molar-refractivity contribution is 5.14. The van der Waals surface area contributed by atoms with E-state index < -0.39 is 0 Å². The van der Waals surface area contributed by atoms with Gasteiger partial charge in [0.2, 0.25) is 0 Å². The zero-order valence-electron chi connectivity index (χ0n) is 32.6. The maximum Gasteiger partial charge on any atom is 0.0129 e. The van der Waals surface area contributed by atoms with Crippen LogP contribution in [0.5, 0.6) is 0 Å². The van der Waals surface area contributed by atoms with Crippen LogP contribution in [0, 0.1) is 70.5 Å². The number of nitrogens with one attached hydrogen (secondary N) is 1. The highest BCUT2D eigenvalue weighted by Gasteiger charge is 2.66. The van der Waals surface area contributed by atoms with Crippen LogP contribution in [-0.4, -0.2) is 18.1 Å². The molecule has 280 valence electrons. The van der Waals surface area contributed by atoms with Crippen molar-refractivity contribution in [2.45, 2.75) is 224 Å². The average molecular weight is 675 g/mol. The normalized spacial score (nSPS) is 44.6. The standard InChI is InChI=1S/C47H82N2/c1-2-45(33-18-6-3-7-19-33)49-46(34-20-8-4-9-21-34)41-32-36(30-31-37(41)40-26-14-17-29-44(40)48)47(35-22-10-5-11-23-35)42-27-15-12-24-38(42)39-25-13-16-28-43(39)47/h33-46,49H,2-32,48H2,1H3. The lowest BCUT2D eigenvalue weighted by atomic mass is 9.46. The first-order valence-corrected chi connectivity index (χ1v) is 23.7. The van der Waals surface area contributed by atoms with Gasteiger partial charge in [-0.2, -0.15) is 0 Å². The summed E-state index contributed by atoms with van der Waals surface area (Å²) in [5.41, 5.74) is 7.93. The Labute approximate surface area is 304 Å². The Hall–Kier alpha value is -0.0800. The van der Waals surface area contributed by atoms with E-state index in [9.17, 15) is 0 Å². The van der Waals surface area contributed by atoms with Crippen LogP contribution in [0.2, 0.25) is 0 Å². The number of nitrogens with two attached hydrogens (primary N) is 1. The van der Waals surface area contributed by atoms with E-state index in [1.807, 2.05) is 0 Å². The molecule has 0 amide bonds. The summed E-state index contributed by atoms with van der Waals surface area (Å²) < 4.78 is 0. The second kappa shape index (κ2) is 16.5. The lowest BCUT2D eigenvalue weighted by Crippen LogP contribution is -2.58. The molecule has 8 saturated carbocycles. The number of hydrogen-bond donors (Lipinski definition) is 2. The molecule has 11 atom stereocenters. The highest BCUT2D eigenvalue weighted by atomic mass is 15.0. The largest absolute Gasteiger partial charge is 0.327 e. The molecule has 49 heavy (non-hydrogen) atoms. The Bertz CT molecular complexity index is 982. The SMILES string of the molecule is CCC(NC(C1CCCCC1)C1CC(C2(C3CCCCC3)C3CCCCC3C3CCCCC32)CCC1C1CCCCC1N)C1CCCCC1. The van der Waals surface area contributed by atoms with E-state index in [0.29, 0.717) is 11.5 Å². The van der Waals surface area contributed by atoms with Crippen molar-refractivity contribution >= 4 is 0 Å². The van der Waals surface area contributed by atoms with Gasteiger partial charge < -0.3 is 11.1 Å². The van der Waals surface area contributed by atoms with Gasteiger partial charge in [0.1, 0.15) is 0 Å². The van der Waals surface area contributed by atoms with Crippen LogP contribution in [0.3, 0.4) is 0 Å². The van der Waals surface area contributed by atoms with Crippen LogP contribution in [-0.2, 0) is 0 Å². The first kappa shape index (κ1) is 35.9. The van der Waals surface area contributed by atoms with E-state index in [2.05, 4.69) is 6.92 Å². The predicted molar refractivity (Wildman–Crippen MR) is 208 cm³/mol. The van der Waals surface area contributed by atoms with Gasteiger partial charge in [-0.1, -0.05) is 103 Å². The molecule has 11 unspecified atom stereocenters. The Kier molecular flexibility index (Phi) is 12.1. The zero-order valence-corrected chi connectivity index (χ0v) is 32.6. The number of hydrogen-bond acceptors (Lipinski definition) is 2. The van der Waals surface area contributed by atoms with Gasteiger partial charge in [-0.25, -0.2) is 0 Å². The van der Waals surface area contributed by atoms with Gasteiger partial charge in [-0.3, -0.25) is 0 Å². The number of fused-ring (bicyclic) bond motifs is 3. The van der Waals surface area contributed by atoms with Crippen molar-refractivity contribution in [3.05, 3.63) is 0 Å². The van der Waals surface area contributed by atoms with E-state index in [1.54, 1.807) is 89.9 Å². The van der Waals surface area contributed by atoms with Crippen molar-refractivity contribution in [2.75, 3.05) is 0 Å². The van der Waals surface area contributed by atoms with Crippen LogP contribution < -0.4 is 11.1 Å². The minimum atomic E-state index is 0.467. The summed E-state index contributed by atoms with van der Waals surface area (Å²) in [4.78, 5) is 0. The van der Waals surface area contributed by atoms with Crippen molar-refractivity contribution in [3.63, 3.8) is 0 Å². The minimum absolute atomic E-state index is 0.467. The maximum atomic E-state index is 7.25. The molecule has 8 aliphatic carbocycles. The Morgan fingerprint density at radius 1 is 0.490 bits per heavy atom. The predicted octanol–water partition coefficient (Wildman–Crippen LogP) is 12.6. The molecule has 0 radical (unpaired) electrons. The van der Waals surface area contributed by atoms with Gasteiger partial charge in [0, 0.05) is 18.1 Å². The van der Waals surface area contributed by atoms with E-state index in [-0.39, 0.29) is 0 Å². The average Bonchev–Trinajstić information content (AvgIpc) is 3.48. The first-order chi connectivity index (χ1) is 24.2. The summed E-state index contributed by atoms with van der Waals surface area (Å²) in [6.07, 6.45) is 46.9. The molecule has 0 heterocycles. The van der Waals surface area contributed by atoms with Gasteiger partial charge in [-0.05, 0) is 173 Å². The van der Waals surface area contributed by atoms with Crippen LogP contribution in [0.4, 0.5) is 0 Å². The second-order valence-electron chi connectivity index (χ2n) is 20.4. The Morgan fingerprint density at radius 2 is 1.00 bits per heavy atom. The van der Waals surface area contributed by atoms with Crippen molar-refractivity contribution in [1.82, 2.24) is 5.32 Å². The second-order valence-corrected chi connectivity index (χ2v) is 20.4. The minimum Gasteiger partial charge on any atom is -0.327 e. The van der Waals surface area contributed by atoms with Crippen LogP contribution in [0.15, 0.2) is 0 Å². The first-order valence-electron chi connectivity index (χ1n) is 23.7. The summed E-state index contributed by atoms with van der Waals surface area (Å²) in [7, 11) is 0. The molecule has 0 spiro atoms. The van der Waals surface area contributed by atoms with Gasteiger partial charge in [0.15, 0.2) is 0 Å². The topological polar surface area (TPSA) is 38.0 Å². The molecule has 0 bridgehead atoms. The lowest BCUT2D eigenvalue weighted by molar-refractivity contribution is -0.100. The summed E-state index contributed by atoms with van der Waals surface area (Å²) in [5, 5.41) is 4.77. The van der Waals surface area contributed by atoms with Gasteiger partial charge >= 0.3 is 0 Å². The fourth-order valence-electron chi connectivity index (χ4n) is 16.8. The van der Waals surface area contributed by atoms with Crippen molar-refractivity contribution in [3.8, 4) is 0 Å². The smallest absolute Gasteiger partial charge is 0.0129 e. The van der Waals surface area contributed by atoms with Crippen molar-refractivity contribution < 1.29 is 0 Å². The van der Waals surface area contributed by atoms with Gasteiger partial charge in [-0.15, -0.1) is 0 Å². The molecule has 0 aliphatic heterocycles. The fourth-order valence-corrected chi connectivity index (χ4v) is 16.8. The molecule has 3 N–H and O–H groups in total. The highest BCUT2D eigenvalue weighted by Crippen LogP contribution is 2.72. The van der Waals surface area contributed by atoms with E-state index in [0.717, 1.165) is 77.2 Å². The van der Waals surface area contributed by atoms with Crippen LogP contribution >= 0.6 is 0 Å². The molecule has 8 aliphatic rings. The van der Waals surface area contributed by atoms with E-state index in [1.165, 1.54) is 109 Å².